The van der Waals surface area contributed by atoms with Gasteiger partial charge in [-0.15, -0.1) is 0 Å². The van der Waals surface area contributed by atoms with E-state index in [9.17, 15) is 0 Å². The molecule has 0 unspecified atom stereocenters. The molecule has 0 aromatic heterocycles. The maximum Gasteiger partial charge on any atom is 0.402 e. The number of carboxylic acid groups (broad SMARTS) is 1. The van der Waals surface area contributed by atoms with Crippen molar-refractivity contribution in [1.29, 1.82) is 0 Å². The molecule has 100 valence electrons. The van der Waals surface area contributed by atoms with Gasteiger partial charge in [-0.3, -0.25) is 0 Å². The SMILES string of the molecule is NC(=O)O.c1ccc(CO[C@H]2CCCNC2)cc1. The highest BCUT2D eigenvalue weighted by molar-refractivity contribution is 5.61. The van der Waals surface area contributed by atoms with Crippen molar-refractivity contribution in [2.45, 2.75) is 25.6 Å². The Morgan fingerprint density at radius 1 is 1.44 bits per heavy atom. The third kappa shape index (κ3) is 6.88. The highest BCUT2D eigenvalue weighted by atomic mass is 16.5. The first-order valence-electron chi connectivity index (χ1n) is 6.03. The zero-order valence-corrected chi connectivity index (χ0v) is 10.3. The molecule has 0 aliphatic carbocycles. The van der Waals surface area contributed by atoms with E-state index in [1.807, 2.05) is 6.07 Å². The van der Waals surface area contributed by atoms with Gasteiger partial charge in [-0.2, -0.15) is 0 Å². The standard InChI is InChI=1S/C12H17NO.CH3NO2/c1-2-5-11(6-3-1)10-14-12-7-4-8-13-9-12;2-1(3)4/h1-3,5-6,12-13H,4,7-10H2;2H2,(H,3,4)/t12-;/m0./s1. The van der Waals surface area contributed by atoms with Crippen molar-refractivity contribution >= 4 is 6.09 Å². The van der Waals surface area contributed by atoms with E-state index in [1.54, 1.807) is 0 Å². The number of hydrogen-bond acceptors (Lipinski definition) is 3. The van der Waals surface area contributed by atoms with Crippen molar-refractivity contribution in [3.8, 4) is 0 Å². The van der Waals surface area contributed by atoms with Gasteiger partial charge in [0.25, 0.3) is 0 Å². The zero-order chi connectivity index (χ0) is 13.2. The number of hydrogen-bond donors (Lipinski definition) is 3. The van der Waals surface area contributed by atoms with Crippen LogP contribution >= 0.6 is 0 Å². The minimum atomic E-state index is -1.33. The lowest BCUT2D eigenvalue weighted by molar-refractivity contribution is 0.0253. The summed E-state index contributed by atoms with van der Waals surface area (Å²) >= 11 is 0. The van der Waals surface area contributed by atoms with Gasteiger partial charge in [0, 0.05) is 6.54 Å². The lowest BCUT2D eigenvalue weighted by Gasteiger charge is -2.23. The number of nitrogens with one attached hydrogen (secondary N) is 1. The van der Waals surface area contributed by atoms with Crippen molar-refractivity contribution in [1.82, 2.24) is 5.32 Å². The van der Waals surface area contributed by atoms with E-state index < -0.39 is 6.09 Å². The molecule has 4 N–H and O–H groups in total. The van der Waals surface area contributed by atoms with Gasteiger partial charge in [0.2, 0.25) is 0 Å². The Bertz CT molecular complexity index is 333. The maximum absolute atomic E-state index is 8.78. The van der Waals surface area contributed by atoms with Gasteiger partial charge < -0.3 is 20.9 Å². The molecular weight excluding hydrogens is 232 g/mol. The molecule has 0 spiro atoms. The van der Waals surface area contributed by atoms with Crippen LogP contribution in [-0.4, -0.2) is 30.4 Å². The van der Waals surface area contributed by atoms with Crippen molar-refractivity contribution in [2.24, 2.45) is 5.73 Å². The summed E-state index contributed by atoms with van der Waals surface area (Å²) in [6.07, 6.45) is 1.50. The highest BCUT2D eigenvalue weighted by Gasteiger charge is 2.12. The average Bonchev–Trinajstić information content (AvgIpc) is 2.38. The number of nitrogens with two attached hydrogens (primary N) is 1. The molecule has 1 saturated heterocycles. The Labute approximate surface area is 107 Å². The second-order valence-electron chi connectivity index (χ2n) is 4.10. The van der Waals surface area contributed by atoms with Crippen molar-refractivity contribution in [3.63, 3.8) is 0 Å². The molecule has 18 heavy (non-hydrogen) atoms. The number of ether oxygens (including phenoxy) is 1. The summed E-state index contributed by atoms with van der Waals surface area (Å²) in [6, 6.07) is 10.4. The van der Waals surface area contributed by atoms with Crippen LogP contribution in [0.15, 0.2) is 30.3 Å². The molecule has 2 rings (SSSR count). The van der Waals surface area contributed by atoms with Crippen molar-refractivity contribution in [3.05, 3.63) is 35.9 Å². The number of amides is 1. The molecule has 0 bridgehead atoms. The lowest BCUT2D eigenvalue weighted by atomic mass is 10.1. The van der Waals surface area contributed by atoms with E-state index in [0.29, 0.717) is 6.10 Å². The molecule has 1 amide bonds. The number of primary amides is 1. The van der Waals surface area contributed by atoms with Gasteiger partial charge in [0.15, 0.2) is 0 Å². The summed E-state index contributed by atoms with van der Waals surface area (Å²) in [4.78, 5) is 8.78. The second-order valence-corrected chi connectivity index (χ2v) is 4.10. The monoisotopic (exact) mass is 252 g/mol. The van der Waals surface area contributed by atoms with Crippen molar-refractivity contribution in [2.75, 3.05) is 13.1 Å². The van der Waals surface area contributed by atoms with E-state index in [1.165, 1.54) is 18.4 Å². The molecule has 1 atom stereocenters. The van der Waals surface area contributed by atoms with Crippen LogP contribution in [0.5, 0.6) is 0 Å². The molecule has 1 aromatic rings. The fourth-order valence-corrected chi connectivity index (χ4v) is 1.75. The third-order valence-corrected chi connectivity index (χ3v) is 2.58. The fraction of sp³-hybridized carbons (Fsp3) is 0.462. The molecule has 1 heterocycles. The van der Waals surface area contributed by atoms with E-state index in [0.717, 1.165) is 19.7 Å². The first kappa shape index (κ1) is 14.5. The van der Waals surface area contributed by atoms with Crippen LogP contribution in [0.3, 0.4) is 0 Å². The molecular formula is C13H20N2O3. The lowest BCUT2D eigenvalue weighted by Crippen LogP contribution is -2.35. The average molecular weight is 252 g/mol. The second kappa shape index (κ2) is 8.49. The third-order valence-electron chi connectivity index (χ3n) is 2.58. The van der Waals surface area contributed by atoms with Crippen molar-refractivity contribution < 1.29 is 14.6 Å². The number of benzene rings is 1. The predicted molar refractivity (Wildman–Crippen MR) is 69.3 cm³/mol. The van der Waals surface area contributed by atoms with E-state index in [-0.39, 0.29) is 0 Å². The summed E-state index contributed by atoms with van der Waals surface area (Å²) in [6.45, 7) is 2.89. The van der Waals surface area contributed by atoms with Gasteiger partial charge in [0.05, 0.1) is 12.7 Å². The Morgan fingerprint density at radius 3 is 2.67 bits per heavy atom. The first-order chi connectivity index (χ1) is 8.68. The normalized spacial score (nSPS) is 18.6. The van der Waals surface area contributed by atoms with Crippen LogP contribution in [0.1, 0.15) is 18.4 Å². The summed E-state index contributed by atoms with van der Waals surface area (Å²) in [5, 5.41) is 10.5. The summed E-state index contributed by atoms with van der Waals surface area (Å²) in [7, 11) is 0. The predicted octanol–water partition coefficient (Wildman–Crippen LogP) is 1.58. The number of rotatable bonds is 3. The smallest absolute Gasteiger partial charge is 0.402 e. The fourth-order valence-electron chi connectivity index (χ4n) is 1.75. The highest BCUT2D eigenvalue weighted by Crippen LogP contribution is 2.09. The zero-order valence-electron chi connectivity index (χ0n) is 10.3. The molecule has 1 fully saturated rings. The van der Waals surface area contributed by atoms with Gasteiger partial charge in [-0.05, 0) is 24.9 Å². The van der Waals surface area contributed by atoms with Crippen LogP contribution in [0.2, 0.25) is 0 Å². The summed E-state index contributed by atoms with van der Waals surface area (Å²) in [5.41, 5.74) is 5.29. The van der Waals surface area contributed by atoms with Crippen LogP contribution in [0, 0.1) is 0 Å². The van der Waals surface area contributed by atoms with E-state index in [4.69, 9.17) is 14.6 Å². The first-order valence-corrected chi connectivity index (χ1v) is 6.03. The van der Waals surface area contributed by atoms with Gasteiger partial charge in [-0.1, -0.05) is 30.3 Å². The minimum absolute atomic E-state index is 0.406. The minimum Gasteiger partial charge on any atom is -0.465 e. The molecule has 1 aliphatic rings. The van der Waals surface area contributed by atoms with Gasteiger partial charge in [0.1, 0.15) is 0 Å². The van der Waals surface area contributed by atoms with Crippen LogP contribution in [0.4, 0.5) is 4.79 Å². The Kier molecular flexibility index (Phi) is 6.83. The van der Waals surface area contributed by atoms with E-state index in [2.05, 4.69) is 35.3 Å². The Hall–Kier alpha value is -1.59. The summed E-state index contributed by atoms with van der Waals surface area (Å²) < 4.78 is 5.81. The molecule has 5 nitrogen and oxygen atoms in total. The van der Waals surface area contributed by atoms with Gasteiger partial charge >= 0.3 is 6.09 Å². The van der Waals surface area contributed by atoms with E-state index >= 15 is 0 Å². The molecule has 1 aliphatic heterocycles. The molecule has 0 radical (unpaired) electrons. The van der Waals surface area contributed by atoms with Crippen LogP contribution < -0.4 is 11.1 Å². The molecule has 1 aromatic carbocycles. The van der Waals surface area contributed by atoms with Gasteiger partial charge in [-0.25, -0.2) is 4.79 Å². The maximum atomic E-state index is 8.78. The summed E-state index contributed by atoms with van der Waals surface area (Å²) in [5.74, 6) is 0. The topological polar surface area (TPSA) is 84.6 Å². The quantitative estimate of drug-likeness (QED) is 0.762. The number of piperidine rings is 1. The Balaban J connectivity index is 0.000000357. The largest absolute Gasteiger partial charge is 0.465 e. The Morgan fingerprint density at radius 2 is 2.11 bits per heavy atom. The number of carbonyl (C=O) groups is 1. The van der Waals surface area contributed by atoms with Crippen LogP contribution in [-0.2, 0) is 11.3 Å². The molecule has 5 heteroatoms. The van der Waals surface area contributed by atoms with Crippen LogP contribution in [0.25, 0.3) is 0 Å². The molecule has 0 saturated carbocycles.